The summed E-state index contributed by atoms with van der Waals surface area (Å²) in [5.74, 6) is 0. The Morgan fingerprint density at radius 2 is 0.783 bits per heavy atom. The van der Waals surface area contributed by atoms with E-state index >= 15 is 0 Å². The van der Waals surface area contributed by atoms with E-state index in [9.17, 15) is 9.59 Å². The highest BCUT2D eigenvalue weighted by Gasteiger charge is 2.28. The van der Waals surface area contributed by atoms with Crippen LogP contribution in [0.5, 0.6) is 0 Å². The lowest BCUT2D eigenvalue weighted by Crippen LogP contribution is -2.14. The van der Waals surface area contributed by atoms with Crippen LogP contribution < -0.4 is 11.1 Å². The SMILES string of the molecule is O=c1c2cc(Cl)c3c4c(Cl)cc5c6c(cc(Cl)c(c7c(Cl)cc(c2c37)c2[nH]c3ccccc3n12)c46)c(=O)n1c2ccccc2[nH]c51. The molecule has 4 aromatic heterocycles. The van der Waals surface area contributed by atoms with Crippen molar-refractivity contribution >= 4 is 144 Å². The molecule has 0 amide bonds. The average Bonchev–Trinajstić information content (AvgIpc) is 3.64. The van der Waals surface area contributed by atoms with Crippen LogP contribution in [-0.2, 0) is 0 Å². The first-order valence-corrected chi connectivity index (χ1v) is 16.0. The van der Waals surface area contributed by atoms with Crippen molar-refractivity contribution < 1.29 is 0 Å². The van der Waals surface area contributed by atoms with Crippen molar-refractivity contribution in [3.8, 4) is 0 Å². The Bertz CT molecular complexity index is 3110. The quantitative estimate of drug-likeness (QED) is 0.124. The van der Waals surface area contributed by atoms with E-state index in [1.807, 2.05) is 60.7 Å². The fourth-order valence-corrected chi connectivity index (χ4v) is 9.22. The molecule has 0 aliphatic heterocycles. The summed E-state index contributed by atoms with van der Waals surface area (Å²) in [4.78, 5) is 35.3. The number of aromatic amines is 2. The van der Waals surface area contributed by atoms with Gasteiger partial charge in [0.1, 0.15) is 11.3 Å². The smallest absolute Gasteiger partial charge is 0.264 e. The zero-order valence-corrected chi connectivity index (χ0v) is 26.2. The third-order valence-corrected chi connectivity index (χ3v) is 10.9. The normalized spacial score (nSPS) is 13.0. The van der Waals surface area contributed by atoms with Crippen LogP contribution in [0, 0.1) is 0 Å². The van der Waals surface area contributed by atoms with E-state index in [0.717, 1.165) is 32.8 Å². The van der Waals surface area contributed by atoms with Crippen molar-refractivity contribution in [2.45, 2.75) is 0 Å². The second-order valence-corrected chi connectivity index (χ2v) is 13.5. The molecule has 0 saturated heterocycles. The first-order chi connectivity index (χ1) is 22.3. The Labute approximate surface area is 275 Å². The molecule has 0 radical (unpaired) electrons. The number of H-pyrrole nitrogens is 2. The van der Waals surface area contributed by atoms with Crippen molar-refractivity contribution in [2.24, 2.45) is 0 Å². The summed E-state index contributed by atoms with van der Waals surface area (Å²) >= 11 is 28.9. The zero-order chi connectivity index (χ0) is 30.9. The number of para-hydroxylation sites is 4. The molecule has 0 spiro atoms. The minimum Gasteiger partial charge on any atom is -0.339 e. The summed E-state index contributed by atoms with van der Waals surface area (Å²) < 4.78 is 3.34. The van der Waals surface area contributed by atoms with Crippen LogP contribution in [0.25, 0.3) is 98.0 Å². The van der Waals surface area contributed by atoms with Gasteiger partial charge in [0.25, 0.3) is 11.1 Å². The monoisotopic (exact) mass is 674 g/mol. The third kappa shape index (κ3) is 2.73. The van der Waals surface area contributed by atoms with E-state index in [0.29, 0.717) is 85.2 Å². The first kappa shape index (κ1) is 25.5. The van der Waals surface area contributed by atoms with Crippen LogP contribution in [0.1, 0.15) is 0 Å². The van der Waals surface area contributed by atoms with Crippen molar-refractivity contribution in [1.29, 1.82) is 0 Å². The van der Waals surface area contributed by atoms with Crippen molar-refractivity contribution in [1.82, 2.24) is 18.8 Å². The van der Waals surface area contributed by atoms with Crippen molar-refractivity contribution in [3.05, 3.63) is 114 Å². The van der Waals surface area contributed by atoms with E-state index < -0.39 is 0 Å². The summed E-state index contributed by atoms with van der Waals surface area (Å²) in [5.41, 5.74) is 3.99. The number of pyridine rings is 2. The minimum absolute atomic E-state index is 0.205. The number of nitrogens with zero attached hydrogens (tertiary/aromatic N) is 2. The molecule has 11 rings (SSSR count). The third-order valence-electron chi connectivity index (χ3n) is 9.74. The molecule has 0 atom stereocenters. The fraction of sp³-hybridized carbons (Fsp3) is 0. The number of aromatic nitrogens is 4. The number of rotatable bonds is 0. The van der Waals surface area contributed by atoms with Gasteiger partial charge < -0.3 is 9.97 Å². The van der Waals surface area contributed by atoms with Crippen LogP contribution >= 0.6 is 46.4 Å². The molecule has 10 heteroatoms. The molecule has 0 saturated carbocycles. The number of fused-ring (bicyclic) bond motifs is 10. The van der Waals surface area contributed by atoms with Crippen LogP contribution in [-0.4, -0.2) is 18.8 Å². The lowest BCUT2D eigenvalue weighted by Gasteiger charge is -2.21. The number of benzene rings is 7. The molecule has 6 nitrogen and oxygen atoms in total. The average molecular weight is 676 g/mol. The second kappa shape index (κ2) is 8.16. The van der Waals surface area contributed by atoms with Crippen molar-refractivity contribution in [2.75, 3.05) is 0 Å². The number of halogens is 4. The summed E-state index contributed by atoms with van der Waals surface area (Å²) in [6, 6.07) is 22.5. The standard InChI is InChI=1S/C36H14Cl4N4O2/c37-17-9-13-25-15(35(45)43-23-7-3-1-5-21(23)41-33(13)43)11-19(39)29-28-18(38)10-14-26-16(12-20(40)30(32(26)28)27(17)31(25)29)36(46)44-24-8-4-2-6-22(24)42-34(14)44/h1-12,41-42H. The molecular weight excluding hydrogens is 662 g/mol. The Kier molecular flexibility index (Phi) is 4.52. The van der Waals surface area contributed by atoms with E-state index in [1.54, 1.807) is 20.9 Å². The largest absolute Gasteiger partial charge is 0.339 e. The summed E-state index contributed by atoms with van der Waals surface area (Å²) in [6.07, 6.45) is 0. The molecule has 0 unspecified atom stereocenters. The van der Waals surface area contributed by atoms with E-state index in [1.165, 1.54) is 0 Å². The highest BCUT2D eigenvalue weighted by molar-refractivity contribution is 6.56. The maximum atomic E-state index is 14.2. The highest BCUT2D eigenvalue weighted by atomic mass is 35.5. The van der Waals surface area contributed by atoms with Crippen LogP contribution in [0.3, 0.4) is 0 Å². The highest BCUT2D eigenvalue weighted by Crippen LogP contribution is 2.53. The molecule has 46 heavy (non-hydrogen) atoms. The number of nitrogens with one attached hydrogen (secondary N) is 2. The van der Waals surface area contributed by atoms with Gasteiger partial charge >= 0.3 is 0 Å². The number of hydrogen-bond donors (Lipinski definition) is 2. The number of hydrogen-bond acceptors (Lipinski definition) is 2. The Balaban J connectivity index is 1.48. The van der Waals surface area contributed by atoms with Crippen LogP contribution in [0.4, 0.5) is 0 Å². The maximum absolute atomic E-state index is 14.2. The van der Waals surface area contributed by atoms with Crippen LogP contribution in [0.2, 0.25) is 20.1 Å². The van der Waals surface area contributed by atoms with Gasteiger partial charge in [-0.05, 0) is 48.5 Å². The molecule has 4 heterocycles. The predicted molar refractivity (Wildman–Crippen MR) is 192 cm³/mol. The van der Waals surface area contributed by atoms with Gasteiger partial charge in [-0.25, -0.2) is 0 Å². The number of imidazole rings is 2. The zero-order valence-electron chi connectivity index (χ0n) is 23.2. The molecule has 0 aliphatic carbocycles. The van der Waals surface area contributed by atoms with E-state index in [-0.39, 0.29) is 11.1 Å². The lowest BCUT2D eigenvalue weighted by molar-refractivity contribution is 1.19. The molecule has 218 valence electrons. The summed E-state index contributed by atoms with van der Waals surface area (Å²) in [7, 11) is 0. The molecule has 0 bridgehead atoms. The van der Waals surface area contributed by atoms with E-state index in [4.69, 9.17) is 46.4 Å². The van der Waals surface area contributed by atoms with Gasteiger partial charge in [-0.3, -0.25) is 18.4 Å². The second-order valence-electron chi connectivity index (χ2n) is 11.9. The molecular formula is C36H14Cl4N4O2. The summed E-state index contributed by atoms with van der Waals surface area (Å²) in [5, 5.41) is 9.43. The van der Waals surface area contributed by atoms with Gasteiger partial charge in [0.15, 0.2) is 0 Å². The Hall–Kier alpha value is -4.72. The first-order valence-electron chi connectivity index (χ1n) is 14.5. The van der Waals surface area contributed by atoms with Gasteiger partial charge in [-0.1, -0.05) is 70.7 Å². The molecule has 0 aliphatic rings. The molecule has 2 N–H and O–H groups in total. The molecule has 7 aromatic carbocycles. The van der Waals surface area contributed by atoms with Gasteiger partial charge in [-0.15, -0.1) is 0 Å². The van der Waals surface area contributed by atoms with Gasteiger partial charge in [-0.2, -0.15) is 0 Å². The van der Waals surface area contributed by atoms with E-state index in [2.05, 4.69) is 9.97 Å². The fourth-order valence-electron chi connectivity index (χ4n) is 8.02. The molecule has 11 aromatic rings. The lowest BCUT2D eigenvalue weighted by atomic mass is 9.86. The Morgan fingerprint density at radius 3 is 1.17 bits per heavy atom. The van der Waals surface area contributed by atoms with Gasteiger partial charge in [0.05, 0.1) is 32.8 Å². The Morgan fingerprint density at radius 1 is 0.435 bits per heavy atom. The topological polar surface area (TPSA) is 74.5 Å². The molecule has 0 fully saturated rings. The van der Waals surface area contributed by atoms with Gasteiger partial charge in [0.2, 0.25) is 0 Å². The van der Waals surface area contributed by atoms with Crippen LogP contribution in [0.15, 0.2) is 82.4 Å². The predicted octanol–water partition coefficient (Wildman–Crippen LogP) is 10.3. The minimum atomic E-state index is -0.205. The maximum Gasteiger partial charge on any atom is 0.264 e. The summed E-state index contributed by atoms with van der Waals surface area (Å²) in [6.45, 7) is 0. The van der Waals surface area contributed by atoms with Crippen molar-refractivity contribution in [3.63, 3.8) is 0 Å². The van der Waals surface area contributed by atoms with Gasteiger partial charge in [0, 0.05) is 74.0 Å².